The molecule has 0 fully saturated rings. The fourth-order valence-electron chi connectivity index (χ4n) is 1.89. The maximum Gasteiger partial charge on any atom is 0.109 e. The summed E-state index contributed by atoms with van der Waals surface area (Å²) >= 11 is 0. The molecule has 2 rings (SSSR count). The number of aliphatic hydroxyl groups excluding tert-OH is 1. The number of hydrogen-bond donors (Lipinski definition) is 1. The Balaban J connectivity index is 1.99. The van der Waals surface area contributed by atoms with E-state index < -0.39 is 12.2 Å². The van der Waals surface area contributed by atoms with Crippen molar-refractivity contribution in [2.45, 2.75) is 18.8 Å². The van der Waals surface area contributed by atoms with Crippen LogP contribution < -0.4 is 0 Å². The molecule has 2 heteroatoms. The van der Waals surface area contributed by atoms with E-state index in [1.54, 1.807) is 6.08 Å². The minimum atomic E-state index is -0.692. The van der Waals surface area contributed by atoms with Crippen molar-refractivity contribution in [1.29, 1.82) is 0 Å². The zero-order valence-corrected chi connectivity index (χ0v) is 10.8. The zero-order valence-electron chi connectivity index (χ0n) is 10.8. The third-order valence-electron chi connectivity index (χ3n) is 2.97. The number of rotatable bonds is 6. The van der Waals surface area contributed by atoms with Crippen molar-refractivity contribution in [1.82, 2.24) is 0 Å². The van der Waals surface area contributed by atoms with Gasteiger partial charge in [-0.1, -0.05) is 66.7 Å². The Morgan fingerprint density at radius 2 is 1.58 bits per heavy atom. The number of hydrogen-bond acceptors (Lipinski definition) is 2. The van der Waals surface area contributed by atoms with E-state index in [0.29, 0.717) is 6.61 Å². The summed E-state index contributed by atoms with van der Waals surface area (Å²) in [4.78, 5) is 0. The molecular weight excluding hydrogens is 236 g/mol. The minimum absolute atomic E-state index is 0.414. The summed E-state index contributed by atoms with van der Waals surface area (Å²) < 4.78 is 5.73. The van der Waals surface area contributed by atoms with E-state index in [1.807, 2.05) is 60.7 Å². The summed E-state index contributed by atoms with van der Waals surface area (Å²) in [6, 6.07) is 19.4. The maximum absolute atomic E-state index is 10.3. The lowest BCUT2D eigenvalue weighted by molar-refractivity contribution is -0.0195. The smallest absolute Gasteiger partial charge is 0.109 e. The molecule has 2 nitrogen and oxygen atoms in total. The van der Waals surface area contributed by atoms with Gasteiger partial charge < -0.3 is 9.84 Å². The highest BCUT2D eigenvalue weighted by atomic mass is 16.5. The summed E-state index contributed by atoms with van der Waals surface area (Å²) in [5, 5.41) is 10.3. The molecule has 1 N–H and O–H groups in total. The van der Waals surface area contributed by atoms with E-state index in [-0.39, 0.29) is 0 Å². The molecule has 0 bridgehead atoms. The number of benzene rings is 2. The van der Waals surface area contributed by atoms with E-state index in [2.05, 4.69) is 6.58 Å². The highest BCUT2D eigenvalue weighted by Crippen LogP contribution is 2.20. The Labute approximate surface area is 114 Å². The van der Waals surface area contributed by atoms with Crippen LogP contribution in [0.4, 0.5) is 0 Å². The molecule has 0 saturated heterocycles. The van der Waals surface area contributed by atoms with Crippen LogP contribution in [0.5, 0.6) is 0 Å². The third-order valence-corrected chi connectivity index (χ3v) is 2.97. The average molecular weight is 254 g/mol. The molecule has 0 aliphatic rings. The Morgan fingerprint density at radius 3 is 2.16 bits per heavy atom. The third kappa shape index (κ3) is 3.78. The van der Waals surface area contributed by atoms with Gasteiger partial charge in [0.2, 0.25) is 0 Å². The van der Waals surface area contributed by atoms with Crippen LogP contribution in [0.15, 0.2) is 73.3 Å². The van der Waals surface area contributed by atoms with E-state index >= 15 is 0 Å². The van der Waals surface area contributed by atoms with Crippen molar-refractivity contribution in [3.05, 3.63) is 84.4 Å². The second-order valence-corrected chi connectivity index (χ2v) is 4.35. The van der Waals surface area contributed by atoms with Crippen LogP contribution in [0.2, 0.25) is 0 Å². The van der Waals surface area contributed by atoms with Gasteiger partial charge in [-0.3, -0.25) is 0 Å². The monoisotopic (exact) mass is 254 g/mol. The molecule has 0 saturated carbocycles. The van der Waals surface area contributed by atoms with Crippen molar-refractivity contribution >= 4 is 0 Å². The molecule has 0 unspecified atom stereocenters. The lowest BCUT2D eigenvalue weighted by Crippen LogP contribution is -2.19. The normalized spacial score (nSPS) is 13.7. The fourth-order valence-corrected chi connectivity index (χ4v) is 1.89. The van der Waals surface area contributed by atoms with Crippen LogP contribution in [0, 0.1) is 0 Å². The first kappa shape index (κ1) is 13.5. The Bertz CT molecular complexity index is 493. The van der Waals surface area contributed by atoms with Gasteiger partial charge in [-0.15, -0.1) is 6.58 Å². The number of ether oxygens (including phenoxy) is 1. The molecule has 0 spiro atoms. The van der Waals surface area contributed by atoms with Crippen LogP contribution in [0.3, 0.4) is 0 Å². The van der Waals surface area contributed by atoms with Crippen molar-refractivity contribution in [3.8, 4) is 0 Å². The van der Waals surface area contributed by atoms with Crippen molar-refractivity contribution < 1.29 is 9.84 Å². The van der Waals surface area contributed by atoms with Crippen molar-refractivity contribution in [2.75, 3.05) is 0 Å². The Hall–Kier alpha value is -1.90. The molecule has 0 amide bonds. The minimum Gasteiger partial charge on any atom is -0.385 e. The van der Waals surface area contributed by atoms with Crippen LogP contribution in [-0.2, 0) is 11.3 Å². The zero-order chi connectivity index (χ0) is 13.5. The first-order chi connectivity index (χ1) is 9.31. The molecule has 98 valence electrons. The maximum atomic E-state index is 10.3. The predicted octanol–water partition coefficient (Wildman–Crippen LogP) is 3.49. The van der Waals surface area contributed by atoms with Gasteiger partial charge in [0.15, 0.2) is 0 Å². The van der Waals surface area contributed by atoms with E-state index in [1.165, 1.54) is 0 Å². The standard InChI is InChI=1S/C17H18O2/c1-2-16(17(18)15-11-7-4-8-12-15)19-13-14-9-5-3-6-10-14/h2-12,16-18H,1,13H2/t16-,17-/m0/s1. The molecular formula is C17H18O2. The molecule has 2 atom stereocenters. The second-order valence-electron chi connectivity index (χ2n) is 4.35. The molecule has 0 aliphatic carbocycles. The van der Waals surface area contributed by atoms with E-state index in [4.69, 9.17) is 4.74 Å². The van der Waals surface area contributed by atoms with Gasteiger partial charge in [0.05, 0.1) is 6.61 Å². The van der Waals surface area contributed by atoms with Gasteiger partial charge in [0.1, 0.15) is 12.2 Å². The molecule has 0 aliphatic heterocycles. The summed E-state index contributed by atoms with van der Waals surface area (Å²) in [7, 11) is 0. The first-order valence-electron chi connectivity index (χ1n) is 6.32. The predicted molar refractivity (Wildman–Crippen MR) is 76.6 cm³/mol. The topological polar surface area (TPSA) is 29.5 Å². The fraction of sp³-hybridized carbons (Fsp3) is 0.176. The summed E-state index contributed by atoms with van der Waals surface area (Å²) in [6.45, 7) is 4.19. The van der Waals surface area contributed by atoms with Gasteiger partial charge in [-0.2, -0.15) is 0 Å². The lowest BCUT2D eigenvalue weighted by atomic mass is 10.0. The molecule has 0 heterocycles. The van der Waals surface area contributed by atoms with Crippen molar-refractivity contribution in [2.24, 2.45) is 0 Å². The number of aliphatic hydroxyl groups is 1. The molecule has 2 aromatic rings. The average Bonchev–Trinajstić information content (AvgIpc) is 2.49. The Kier molecular flexibility index (Phi) is 4.90. The molecule has 0 radical (unpaired) electrons. The molecule has 0 aromatic heterocycles. The van der Waals surface area contributed by atoms with E-state index in [0.717, 1.165) is 11.1 Å². The van der Waals surface area contributed by atoms with Gasteiger partial charge in [0, 0.05) is 0 Å². The van der Waals surface area contributed by atoms with E-state index in [9.17, 15) is 5.11 Å². The second kappa shape index (κ2) is 6.88. The molecule has 19 heavy (non-hydrogen) atoms. The Morgan fingerprint density at radius 1 is 1.00 bits per heavy atom. The van der Waals surface area contributed by atoms with Crippen LogP contribution in [-0.4, -0.2) is 11.2 Å². The van der Waals surface area contributed by atoms with Crippen LogP contribution in [0.1, 0.15) is 17.2 Å². The van der Waals surface area contributed by atoms with Crippen LogP contribution >= 0.6 is 0 Å². The van der Waals surface area contributed by atoms with Gasteiger partial charge >= 0.3 is 0 Å². The first-order valence-corrected chi connectivity index (χ1v) is 6.32. The van der Waals surface area contributed by atoms with Gasteiger partial charge in [-0.25, -0.2) is 0 Å². The summed E-state index contributed by atoms with van der Waals surface area (Å²) in [6.07, 6.45) is 0.533. The summed E-state index contributed by atoms with van der Waals surface area (Å²) in [5.41, 5.74) is 1.91. The van der Waals surface area contributed by atoms with Gasteiger partial charge in [0.25, 0.3) is 0 Å². The SMILES string of the molecule is C=C[C@H](OCc1ccccc1)[C@@H](O)c1ccccc1. The quantitative estimate of drug-likeness (QED) is 0.800. The lowest BCUT2D eigenvalue weighted by Gasteiger charge is -2.20. The molecule has 2 aromatic carbocycles. The highest BCUT2D eigenvalue weighted by molar-refractivity contribution is 5.20. The highest BCUT2D eigenvalue weighted by Gasteiger charge is 2.18. The van der Waals surface area contributed by atoms with Gasteiger partial charge in [-0.05, 0) is 11.1 Å². The largest absolute Gasteiger partial charge is 0.385 e. The van der Waals surface area contributed by atoms with Crippen molar-refractivity contribution in [3.63, 3.8) is 0 Å². The summed E-state index contributed by atoms with van der Waals surface area (Å²) in [5.74, 6) is 0. The van der Waals surface area contributed by atoms with Crippen LogP contribution in [0.25, 0.3) is 0 Å².